The minimum atomic E-state index is -0.614. The number of anilines is 1. The quantitative estimate of drug-likeness (QED) is 0.442. The van der Waals surface area contributed by atoms with E-state index in [4.69, 9.17) is 16.3 Å². The summed E-state index contributed by atoms with van der Waals surface area (Å²) < 4.78 is 5.70. The van der Waals surface area contributed by atoms with Gasteiger partial charge in [-0.25, -0.2) is 4.98 Å². The molecular weight excluding hydrogens is 444 g/mol. The maximum absolute atomic E-state index is 13.1. The zero-order valence-corrected chi connectivity index (χ0v) is 19.5. The van der Waals surface area contributed by atoms with Gasteiger partial charge < -0.3 is 10.1 Å². The van der Waals surface area contributed by atoms with E-state index < -0.39 is 5.41 Å². The molecule has 0 atom stereocenters. The topological polar surface area (TPSA) is 68.3 Å². The average Bonchev–Trinajstić information content (AvgIpc) is 3.45. The lowest BCUT2D eigenvalue weighted by atomic mass is 9.79. The van der Waals surface area contributed by atoms with Crippen LogP contribution in [0.1, 0.15) is 47.5 Å². The molecule has 0 bridgehead atoms. The van der Waals surface area contributed by atoms with Crippen LogP contribution in [0.25, 0.3) is 0 Å². The number of hydrogen-bond donors (Lipinski definition) is 1. The number of benzene rings is 2. The molecule has 32 heavy (non-hydrogen) atoms. The molecule has 0 unspecified atom stereocenters. The van der Waals surface area contributed by atoms with E-state index in [9.17, 15) is 9.59 Å². The molecule has 4 rings (SSSR count). The molecule has 1 aliphatic rings. The Morgan fingerprint density at radius 2 is 1.84 bits per heavy atom. The standard InChI is InChI=1S/C25H25ClN2O3S/c1-17-6-2-3-7-21(17)28-22(29)14-23-27-20(16-32-23)15-31-24(30)25(12-4-5-13-25)18-8-10-19(26)11-9-18/h2-3,6-11,16H,4-5,12-15H2,1H3,(H,28,29). The molecule has 2 aromatic carbocycles. The first-order chi connectivity index (χ1) is 15.5. The van der Waals surface area contributed by atoms with Crippen molar-refractivity contribution in [3.63, 3.8) is 0 Å². The molecule has 0 saturated heterocycles. The van der Waals surface area contributed by atoms with E-state index in [0.29, 0.717) is 15.7 Å². The number of carbonyl (C=O) groups excluding carboxylic acids is 2. The summed E-state index contributed by atoms with van der Waals surface area (Å²) in [5, 5.41) is 6.10. The average molecular weight is 469 g/mol. The number of rotatable bonds is 7. The second-order valence-electron chi connectivity index (χ2n) is 8.14. The number of carbonyl (C=O) groups is 2. The summed E-state index contributed by atoms with van der Waals surface area (Å²) in [4.78, 5) is 30.0. The molecule has 1 aromatic heterocycles. The number of aryl methyl sites for hydroxylation is 1. The minimum absolute atomic E-state index is 0.101. The van der Waals surface area contributed by atoms with Gasteiger partial charge >= 0.3 is 5.97 Å². The fourth-order valence-corrected chi connectivity index (χ4v) is 5.08. The van der Waals surface area contributed by atoms with Crippen LogP contribution in [0.3, 0.4) is 0 Å². The normalized spacial score (nSPS) is 14.8. The van der Waals surface area contributed by atoms with Crippen molar-refractivity contribution < 1.29 is 14.3 Å². The number of aromatic nitrogens is 1. The highest BCUT2D eigenvalue weighted by Gasteiger charge is 2.44. The second-order valence-corrected chi connectivity index (χ2v) is 9.52. The Balaban J connectivity index is 1.36. The van der Waals surface area contributed by atoms with Gasteiger partial charge in [0.25, 0.3) is 0 Å². The summed E-state index contributed by atoms with van der Waals surface area (Å²) in [6.07, 6.45) is 3.72. The van der Waals surface area contributed by atoms with Crippen molar-refractivity contribution in [3.8, 4) is 0 Å². The van der Waals surface area contributed by atoms with Crippen LogP contribution in [0, 0.1) is 6.92 Å². The minimum Gasteiger partial charge on any atom is -0.458 e. The van der Waals surface area contributed by atoms with E-state index in [1.165, 1.54) is 11.3 Å². The van der Waals surface area contributed by atoms with Gasteiger partial charge in [-0.15, -0.1) is 11.3 Å². The lowest BCUT2D eigenvalue weighted by molar-refractivity contribution is -0.152. The van der Waals surface area contributed by atoms with E-state index in [1.54, 1.807) is 0 Å². The molecule has 1 N–H and O–H groups in total. The highest BCUT2D eigenvalue weighted by Crippen LogP contribution is 2.42. The molecule has 1 heterocycles. The summed E-state index contributed by atoms with van der Waals surface area (Å²) in [5.41, 5.74) is 2.81. The Bertz CT molecular complexity index is 1100. The third kappa shape index (κ3) is 5.03. The first-order valence-electron chi connectivity index (χ1n) is 10.7. The first kappa shape index (κ1) is 22.5. The van der Waals surface area contributed by atoms with Crippen molar-refractivity contribution in [2.45, 2.75) is 51.0 Å². The third-order valence-electron chi connectivity index (χ3n) is 5.93. The highest BCUT2D eigenvalue weighted by molar-refractivity contribution is 7.09. The molecule has 7 heteroatoms. The van der Waals surface area contributed by atoms with Gasteiger partial charge in [-0.05, 0) is 49.1 Å². The number of halogens is 1. The Hall–Kier alpha value is -2.70. The molecule has 5 nitrogen and oxygen atoms in total. The van der Waals surface area contributed by atoms with Gasteiger partial charge in [0.05, 0.1) is 17.5 Å². The molecule has 1 aliphatic carbocycles. The number of ether oxygens (including phenoxy) is 1. The number of para-hydroxylation sites is 1. The molecular formula is C25H25ClN2O3S. The van der Waals surface area contributed by atoms with Crippen molar-refractivity contribution in [1.29, 1.82) is 0 Å². The lowest BCUT2D eigenvalue weighted by Gasteiger charge is -2.27. The van der Waals surface area contributed by atoms with E-state index in [-0.39, 0.29) is 24.9 Å². The van der Waals surface area contributed by atoms with Gasteiger partial charge in [0.1, 0.15) is 11.6 Å². The number of hydrogen-bond acceptors (Lipinski definition) is 5. The molecule has 1 amide bonds. The Kier molecular flexibility index (Phi) is 6.92. The second kappa shape index (κ2) is 9.84. The van der Waals surface area contributed by atoms with Crippen LogP contribution < -0.4 is 5.32 Å². The molecule has 1 fully saturated rings. The Labute approximate surface area is 196 Å². The third-order valence-corrected chi connectivity index (χ3v) is 7.08. The van der Waals surface area contributed by atoms with Crippen LogP contribution in [0.5, 0.6) is 0 Å². The SMILES string of the molecule is Cc1ccccc1NC(=O)Cc1nc(COC(=O)C2(c3ccc(Cl)cc3)CCCC2)cs1. The van der Waals surface area contributed by atoms with E-state index in [2.05, 4.69) is 10.3 Å². The largest absolute Gasteiger partial charge is 0.458 e. The van der Waals surface area contributed by atoms with E-state index in [0.717, 1.165) is 42.5 Å². The number of nitrogens with one attached hydrogen (secondary N) is 1. The maximum atomic E-state index is 13.1. The van der Waals surface area contributed by atoms with Crippen LogP contribution in [0.2, 0.25) is 5.02 Å². The number of esters is 1. The van der Waals surface area contributed by atoms with Crippen molar-refractivity contribution in [2.24, 2.45) is 0 Å². The molecule has 3 aromatic rings. The monoisotopic (exact) mass is 468 g/mol. The summed E-state index contributed by atoms with van der Waals surface area (Å²) >= 11 is 7.42. The summed E-state index contributed by atoms with van der Waals surface area (Å²) in [6.45, 7) is 2.05. The molecule has 1 saturated carbocycles. The zero-order valence-electron chi connectivity index (χ0n) is 17.9. The summed E-state index contributed by atoms with van der Waals surface area (Å²) in [7, 11) is 0. The number of thiazole rings is 1. The van der Waals surface area contributed by atoms with E-state index in [1.807, 2.05) is 60.8 Å². The van der Waals surface area contributed by atoms with Crippen molar-refractivity contribution >= 4 is 40.5 Å². The Morgan fingerprint density at radius 1 is 1.12 bits per heavy atom. The van der Waals surface area contributed by atoms with Gasteiger partial charge in [0, 0.05) is 16.1 Å². The van der Waals surface area contributed by atoms with Gasteiger partial charge in [-0.1, -0.05) is 54.8 Å². The predicted octanol–water partition coefficient (Wildman–Crippen LogP) is 5.84. The van der Waals surface area contributed by atoms with Crippen molar-refractivity contribution in [1.82, 2.24) is 4.98 Å². The summed E-state index contributed by atoms with van der Waals surface area (Å²) in [5.74, 6) is -0.339. The van der Waals surface area contributed by atoms with Crippen LogP contribution in [-0.2, 0) is 32.8 Å². The summed E-state index contributed by atoms with van der Waals surface area (Å²) in [6, 6.07) is 15.1. The highest BCUT2D eigenvalue weighted by atomic mass is 35.5. The maximum Gasteiger partial charge on any atom is 0.316 e. The molecule has 0 aliphatic heterocycles. The van der Waals surface area contributed by atoms with Crippen LogP contribution in [-0.4, -0.2) is 16.9 Å². The van der Waals surface area contributed by atoms with Gasteiger partial charge in [0.2, 0.25) is 5.91 Å². The number of nitrogens with zero attached hydrogens (tertiary/aromatic N) is 1. The first-order valence-corrected chi connectivity index (χ1v) is 11.9. The van der Waals surface area contributed by atoms with Crippen LogP contribution >= 0.6 is 22.9 Å². The fourth-order valence-electron chi connectivity index (χ4n) is 4.18. The van der Waals surface area contributed by atoms with Crippen LogP contribution in [0.15, 0.2) is 53.9 Å². The van der Waals surface area contributed by atoms with Gasteiger partial charge in [-0.3, -0.25) is 9.59 Å². The van der Waals surface area contributed by atoms with Crippen molar-refractivity contribution in [2.75, 3.05) is 5.32 Å². The lowest BCUT2D eigenvalue weighted by Crippen LogP contribution is -2.34. The zero-order chi connectivity index (χ0) is 22.6. The van der Waals surface area contributed by atoms with Crippen LogP contribution in [0.4, 0.5) is 5.69 Å². The van der Waals surface area contributed by atoms with Gasteiger partial charge in [-0.2, -0.15) is 0 Å². The molecule has 166 valence electrons. The predicted molar refractivity (Wildman–Crippen MR) is 127 cm³/mol. The number of amides is 1. The fraction of sp³-hybridized carbons (Fsp3) is 0.320. The molecule has 0 spiro atoms. The molecule has 0 radical (unpaired) electrons. The Morgan fingerprint density at radius 3 is 2.56 bits per heavy atom. The van der Waals surface area contributed by atoms with Gasteiger partial charge in [0.15, 0.2) is 0 Å². The van der Waals surface area contributed by atoms with Crippen molar-refractivity contribution in [3.05, 3.63) is 80.8 Å². The smallest absolute Gasteiger partial charge is 0.316 e. The van der Waals surface area contributed by atoms with E-state index >= 15 is 0 Å².